The molecule has 0 aromatic heterocycles. The van der Waals surface area contributed by atoms with Gasteiger partial charge in [-0.15, -0.1) is 0 Å². The van der Waals surface area contributed by atoms with E-state index in [4.69, 9.17) is 0 Å². The van der Waals surface area contributed by atoms with Crippen LogP contribution in [0.3, 0.4) is 0 Å². The van der Waals surface area contributed by atoms with Crippen LogP contribution in [0.1, 0.15) is 57.1 Å². The average molecular weight is 567 g/mol. The fraction of sp³-hybridized carbons (Fsp3) is 0.457. The molecule has 1 aliphatic carbocycles. The van der Waals surface area contributed by atoms with Crippen molar-refractivity contribution in [2.24, 2.45) is 5.92 Å². The van der Waals surface area contributed by atoms with Gasteiger partial charge in [0.05, 0.1) is 5.41 Å². The molecule has 2 heterocycles. The lowest BCUT2D eigenvalue weighted by atomic mass is 9.86. The summed E-state index contributed by atoms with van der Waals surface area (Å²) in [6, 6.07) is 22.2. The molecule has 3 aliphatic rings. The van der Waals surface area contributed by atoms with Gasteiger partial charge in [0, 0.05) is 43.2 Å². The largest absolute Gasteiger partial charge is 0.344 e. The zero-order valence-electron chi connectivity index (χ0n) is 24.9. The van der Waals surface area contributed by atoms with Gasteiger partial charge in [0.15, 0.2) is 0 Å². The summed E-state index contributed by atoms with van der Waals surface area (Å²) in [7, 11) is 1.94. The van der Waals surface area contributed by atoms with Crippen LogP contribution in [0.25, 0.3) is 10.8 Å². The van der Waals surface area contributed by atoms with E-state index in [0.717, 1.165) is 46.8 Å². The number of hydrogen-bond donors (Lipinski definition) is 2. The lowest BCUT2D eigenvalue weighted by molar-refractivity contribution is -0.138. The summed E-state index contributed by atoms with van der Waals surface area (Å²) < 4.78 is 0. The molecular formula is C35H42N4O3. The maximum absolute atomic E-state index is 14.1. The van der Waals surface area contributed by atoms with E-state index in [0.29, 0.717) is 38.4 Å². The second-order valence-corrected chi connectivity index (χ2v) is 12.8. The summed E-state index contributed by atoms with van der Waals surface area (Å²) in [6.45, 7) is 5.11. The van der Waals surface area contributed by atoms with Gasteiger partial charge in [0.2, 0.25) is 17.7 Å². The van der Waals surface area contributed by atoms with Crippen LogP contribution in [0.15, 0.2) is 66.7 Å². The zero-order valence-corrected chi connectivity index (χ0v) is 24.9. The first-order chi connectivity index (χ1) is 20.3. The number of piperidine rings is 1. The van der Waals surface area contributed by atoms with Gasteiger partial charge < -0.3 is 20.4 Å². The van der Waals surface area contributed by atoms with Crippen LogP contribution in [0, 0.1) is 5.92 Å². The van der Waals surface area contributed by atoms with E-state index in [1.807, 2.05) is 67.1 Å². The van der Waals surface area contributed by atoms with Gasteiger partial charge in [-0.3, -0.25) is 14.4 Å². The second kappa shape index (κ2) is 11.5. The number of benzene rings is 3. The highest BCUT2D eigenvalue weighted by Crippen LogP contribution is 2.43. The van der Waals surface area contributed by atoms with Crippen LogP contribution >= 0.6 is 0 Å². The Morgan fingerprint density at radius 2 is 1.64 bits per heavy atom. The molecule has 7 heteroatoms. The Balaban J connectivity index is 1.19. The van der Waals surface area contributed by atoms with Crippen LogP contribution in [0.4, 0.5) is 5.69 Å². The Bertz CT molecular complexity index is 1490. The summed E-state index contributed by atoms with van der Waals surface area (Å²) in [4.78, 5) is 44.9. The van der Waals surface area contributed by atoms with Crippen LogP contribution in [-0.2, 0) is 26.2 Å². The fourth-order valence-corrected chi connectivity index (χ4v) is 7.33. The first kappa shape index (κ1) is 28.4. The number of anilines is 1. The molecular weight excluding hydrogens is 524 g/mol. The third kappa shape index (κ3) is 5.19. The van der Waals surface area contributed by atoms with Crippen molar-refractivity contribution in [3.8, 4) is 0 Å². The van der Waals surface area contributed by atoms with Crippen LogP contribution in [-0.4, -0.2) is 60.9 Å². The van der Waals surface area contributed by atoms with Crippen molar-refractivity contribution in [2.45, 2.75) is 75.9 Å². The molecule has 220 valence electrons. The van der Waals surface area contributed by atoms with Gasteiger partial charge in [0.1, 0.15) is 6.04 Å². The van der Waals surface area contributed by atoms with Crippen molar-refractivity contribution >= 4 is 34.2 Å². The number of hydrogen-bond acceptors (Lipinski definition) is 4. The molecule has 42 heavy (non-hydrogen) atoms. The van der Waals surface area contributed by atoms with Gasteiger partial charge in [-0.2, -0.15) is 0 Å². The molecule has 0 radical (unpaired) electrons. The lowest BCUT2D eigenvalue weighted by Crippen LogP contribution is -2.55. The molecule has 3 aromatic rings. The highest BCUT2D eigenvalue weighted by atomic mass is 16.2. The Morgan fingerprint density at radius 3 is 2.40 bits per heavy atom. The number of likely N-dealkylation sites (tertiary alicyclic amines) is 1. The Kier molecular flexibility index (Phi) is 7.79. The van der Waals surface area contributed by atoms with Crippen molar-refractivity contribution in [3.05, 3.63) is 77.9 Å². The molecule has 0 spiro atoms. The lowest BCUT2D eigenvalue weighted by Gasteiger charge is -2.39. The first-order valence-corrected chi connectivity index (χ1v) is 15.4. The zero-order chi connectivity index (χ0) is 29.4. The fourth-order valence-electron chi connectivity index (χ4n) is 7.33. The highest BCUT2D eigenvalue weighted by Gasteiger charge is 2.47. The van der Waals surface area contributed by atoms with Crippen LogP contribution in [0.5, 0.6) is 0 Å². The Labute approximate surface area is 248 Å². The van der Waals surface area contributed by atoms with Gasteiger partial charge in [0.25, 0.3) is 0 Å². The number of amides is 3. The summed E-state index contributed by atoms with van der Waals surface area (Å²) >= 11 is 0. The molecule has 3 aromatic carbocycles. The van der Waals surface area contributed by atoms with Crippen molar-refractivity contribution in [1.82, 2.24) is 15.5 Å². The summed E-state index contributed by atoms with van der Waals surface area (Å²) in [5.41, 5.74) is 2.57. The molecule has 1 saturated carbocycles. The van der Waals surface area contributed by atoms with Gasteiger partial charge >= 0.3 is 0 Å². The number of nitrogens with one attached hydrogen (secondary N) is 2. The number of nitrogens with zero attached hydrogens (tertiary/aromatic N) is 2. The standard InChI is InChI=1S/C35H42N4O3/c1-35(2)29-13-6-7-14-31(29)39(34(35)42)27-17-19-38(20-18-27)33(41)30(37-32(40)25-15-16-26(21-25)36-3)22-24-11-8-10-23-9-4-5-12-28(23)24/h4-14,25-27,30,36H,15-22H2,1-3H3,(H,37,40)/t25-,26+,30-/m0/s1. The number of rotatable bonds is 7. The van der Waals surface area contributed by atoms with E-state index in [-0.39, 0.29) is 29.7 Å². The molecule has 6 rings (SSSR count). The average Bonchev–Trinajstić information content (AvgIpc) is 3.58. The number of carbonyl (C=O) groups excluding carboxylic acids is 3. The van der Waals surface area contributed by atoms with E-state index in [2.05, 4.69) is 41.0 Å². The van der Waals surface area contributed by atoms with Crippen molar-refractivity contribution in [2.75, 3.05) is 25.0 Å². The molecule has 0 bridgehead atoms. The summed E-state index contributed by atoms with van der Waals surface area (Å²) in [5.74, 6) is -0.0132. The van der Waals surface area contributed by atoms with E-state index in [9.17, 15) is 14.4 Å². The smallest absolute Gasteiger partial charge is 0.245 e. The number of para-hydroxylation sites is 1. The minimum Gasteiger partial charge on any atom is -0.344 e. The predicted octanol–water partition coefficient (Wildman–Crippen LogP) is 4.57. The third-order valence-corrected chi connectivity index (χ3v) is 9.86. The minimum absolute atomic E-state index is 0.0253. The summed E-state index contributed by atoms with van der Waals surface area (Å²) in [6.07, 6.45) is 4.47. The van der Waals surface area contributed by atoms with Crippen LogP contribution < -0.4 is 15.5 Å². The first-order valence-electron chi connectivity index (χ1n) is 15.4. The van der Waals surface area contributed by atoms with E-state index >= 15 is 0 Å². The minimum atomic E-state index is -0.637. The Hall–Kier alpha value is -3.71. The molecule has 1 saturated heterocycles. The highest BCUT2D eigenvalue weighted by molar-refractivity contribution is 6.08. The van der Waals surface area contributed by atoms with E-state index < -0.39 is 11.5 Å². The number of fused-ring (bicyclic) bond motifs is 2. The van der Waals surface area contributed by atoms with Crippen molar-refractivity contribution in [1.29, 1.82) is 0 Å². The van der Waals surface area contributed by atoms with Crippen molar-refractivity contribution in [3.63, 3.8) is 0 Å². The molecule has 2 fully saturated rings. The SMILES string of the molecule is CN[C@@H]1CC[C@H](C(=O)N[C@@H](Cc2cccc3ccccc23)C(=O)N2CCC(N3C(=O)C(C)(C)c4ccccc43)CC2)C1. The monoisotopic (exact) mass is 566 g/mol. The molecule has 0 unspecified atom stereocenters. The maximum atomic E-state index is 14.1. The maximum Gasteiger partial charge on any atom is 0.245 e. The predicted molar refractivity (Wildman–Crippen MR) is 166 cm³/mol. The quantitative estimate of drug-likeness (QED) is 0.439. The Morgan fingerprint density at radius 1 is 0.929 bits per heavy atom. The van der Waals surface area contributed by atoms with Crippen molar-refractivity contribution < 1.29 is 14.4 Å². The van der Waals surface area contributed by atoms with Gasteiger partial charge in [-0.05, 0) is 81.0 Å². The second-order valence-electron chi connectivity index (χ2n) is 12.8. The normalized spacial score (nSPS) is 22.8. The molecule has 7 nitrogen and oxygen atoms in total. The summed E-state index contributed by atoms with van der Waals surface area (Å²) in [5, 5.41) is 8.72. The van der Waals surface area contributed by atoms with E-state index in [1.165, 1.54) is 0 Å². The molecule has 2 aliphatic heterocycles. The van der Waals surface area contributed by atoms with E-state index in [1.54, 1.807) is 0 Å². The third-order valence-electron chi connectivity index (χ3n) is 9.86. The molecule has 3 amide bonds. The molecule has 2 N–H and O–H groups in total. The topological polar surface area (TPSA) is 81.8 Å². The molecule has 3 atom stereocenters. The van der Waals surface area contributed by atoms with Gasteiger partial charge in [-0.1, -0.05) is 60.7 Å². The van der Waals surface area contributed by atoms with Crippen LogP contribution in [0.2, 0.25) is 0 Å². The number of carbonyl (C=O) groups is 3. The van der Waals surface area contributed by atoms with Gasteiger partial charge in [-0.25, -0.2) is 0 Å².